The normalized spacial score (nSPS) is 21.7. The first-order valence-corrected chi connectivity index (χ1v) is 5.82. The lowest BCUT2D eigenvalue weighted by molar-refractivity contribution is 0.183. The lowest BCUT2D eigenvalue weighted by Crippen LogP contribution is -2.55. The molecule has 1 rings (SSSR count). The van der Waals surface area contributed by atoms with Gasteiger partial charge in [-0.05, 0) is 12.5 Å². The molecule has 0 unspecified atom stereocenters. The summed E-state index contributed by atoms with van der Waals surface area (Å²) in [6.07, 6.45) is 1.40. The van der Waals surface area contributed by atoms with E-state index in [4.69, 9.17) is 14.6 Å². The van der Waals surface area contributed by atoms with E-state index in [1.54, 1.807) is 0 Å². The molecular weight excluding hydrogens is 180 g/mol. The topological polar surface area (TPSA) is 83.8 Å². The lowest BCUT2D eigenvalue weighted by atomic mass is 10.4. The zero-order valence-electron chi connectivity index (χ0n) is 6.45. The van der Waals surface area contributed by atoms with E-state index in [9.17, 15) is 9.59 Å². The van der Waals surface area contributed by atoms with Gasteiger partial charge in [0.05, 0.1) is 0 Å². The molecule has 1 fully saturated rings. The van der Waals surface area contributed by atoms with Crippen molar-refractivity contribution in [1.29, 1.82) is 0 Å². The van der Waals surface area contributed by atoms with Gasteiger partial charge in [-0.15, -0.1) is 0 Å². The van der Waals surface area contributed by atoms with Crippen LogP contribution in [0.5, 0.6) is 0 Å². The first-order valence-electron chi connectivity index (χ1n) is 3.70. The van der Waals surface area contributed by atoms with Gasteiger partial charge in [-0.1, -0.05) is 6.42 Å². The van der Waals surface area contributed by atoms with E-state index in [1.807, 2.05) is 0 Å². The molecule has 0 amide bonds. The molecule has 0 aromatic heterocycles. The van der Waals surface area contributed by atoms with E-state index >= 15 is 0 Å². The van der Waals surface area contributed by atoms with Crippen molar-refractivity contribution in [2.24, 2.45) is 0 Å². The summed E-state index contributed by atoms with van der Waals surface area (Å²) in [4.78, 5) is 21.3. The highest BCUT2D eigenvalue weighted by Crippen LogP contribution is 2.23. The maximum Gasteiger partial charge on any atom is 0.440 e. The van der Waals surface area contributed by atoms with Crippen LogP contribution in [0.4, 0.5) is 9.59 Å². The average Bonchev–Trinajstić information content (AvgIpc) is 2.05. The van der Waals surface area contributed by atoms with Gasteiger partial charge in [0, 0.05) is 6.61 Å². The van der Waals surface area contributed by atoms with Crippen LogP contribution in [0.1, 0.15) is 12.8 Å². The average molecular weight is 190 g/mol. The highest BCUT2D eigenvalue weighted by atomic mass is 28.4. The van der Waals surface area contributed by atoms with E-state index in [1.165, 1.54) is 0 Å². The van der Waals surface area contributed by atoms with Crippen molar-refractivity contribution in [3.05, 3.63) is 0 Å². The number of rotatable bonds is 2. The van der Waals surface area contributed by atoms with E-state index in [-0.39, 0.29) is 12.7 Å². The molecule has 6 heteroatoms. The molecule has 0 aromatic rings. The summed E-state index contributed by atoms with van der Waals surface area (Å²) < 4.78 is 4.93. The molecule has 68 valence electrons. The Hall–Kier alpha value is -0.883. The van der Waals surface area contributed by atoms with Crippen molar-refractivity contribution < 1.29 is 24.2 Å². The second kappa shape index (κ2) is 3.24. The Labute approximate surface area is 70.1 Å². The number of carboxylic acid groups (broad SMARTS) is 2. The fourth-order valence-electron chi connectivity index (χ4n) is 1.22. The Bertz CT molecular complexity index is 192. The molecule has 0 spiro atoms. The predicted octanol–water partition coefficient (Wildman–Crippen LogP) is 1.26. The summed E-state index contributed by atoms with van der Waals surface area (Å²) >= 11 is 0. The van der Waals surface area contributed by atoms with Gasteiger partial charge < -0.3 is 14.6 Å². The van der Waals surface area contributed by atoms with Crippen molar-refractivity contribution in [3.63, 3.8) is 0 Å². The molecule has 0 radical (unpaired) electrons. The molecule has 12 heavy (non-hydrogen) atoms. The Balaban J connectivity index is 2.84. The summed E-state index contributed by atoms with van der Waals surface area (Å²) in [5.74, 6) is 0. The van der Waals surface area contributed by atoms with Crippen LogP contribution in [0, 0.1) is 0 Å². The highest BCUT2D eigenvalue weighted by Gasteiger charge is 2.54. The van der Waals surface area contributed by atoms with Gasteiger partial charge in [-0.25, -0.2) is 0 Å². The molecule has 1 heterocycles. The van der Waals surface area contributed by atoms with Crippen molar-refractivity contribution in [2.45, 2.75) is 18.9 Å². The molecule has 5 nitrogen and oxygen atoms in total. The van der Waals surface area contributed by atoms with Crippen LogP contribution in [0.25, 0.3) is 0 Å². The van der Waals surface area contributed by atoms with Gasteiger partial charge in [-0.2, -0.15) is 0 Å². The first-order chi connectivity index (χ1) is 5.59. The van der Waals surface area contributed by atoms with Gasteiger partial charge in [-0.3, -0.25) is 9.59 Å². The standard InChI is InChI=1S/C6H10O5Si/c7-5(8)12(6(9)10)4-2-1-3-11-12/h1-4H2,(H,7,8)(H,9,10). The summed E-state index contributed by atoms with van der Waals surface area (Å²) in [5, 5.41) is 17.4. The van der Waals surface area contributed by atoms with E-state index in [0.717, 1.165) is 6.42 Å². The van der Waals surface area contributed by atoms with Crippen molar-refractivity contribution in [1.82, 2.24) is 0 Å². The fraction of sp³-hybridized carbons (Fsp3) is 0.667. The highest BCUT2D eigenvalue weighted by molar-refractivity contribution is 7.19. The second-order valence-corrected chi connectivity index (χ2v) is 6.04. The van der Waals surface area contributed by atoms with Crippen LogP contribution < -0.4 is 0 Å². The molecule has 1 saturated heterocycles. The minimum Gasteiger partial charge on any atom is -0.483 e. The Morgan fingerprint density at radius 2 is 1.75 bits per heavy atom. The summed E-state index contributed by atoms with van der Waals surface area (Å²) in [6, 6.07) is 0.192. The third-order valence-corrected chi connectivity index (χ3v) is 5.10. The molecule has 2 N–H and O–H groups in total. The molecule has 0 atom stereocenters. The molecule has 0 aromatic carbocycles. The summed E-state index contributed by atoms with van der Waals surface area (Å²) in [7, 11) is -3.50. The van der Waals surface area contributed by atoms with Gasteiger partial charge in [0.25, 0.3) is 0 Å². The van der Waals surface area contributed by atoms with Crippen LogP contribution >= 0.6 is 0 Å². The molecule has 1 aliphatic rings. The summed E-state index contributed by atoms with van der Waals surface area (Å²) in [5.41, 5.74) is -2.54. The molecule has 0 bridgehead atoms. The Morgan fingerprint density at radius 3 is 2.00 bits per heavy atom. The minimum absolute atomic E-state index is 0.192. The quantitative estimate of drug-likeness (QED) is 0.640. The number of carbonyl (C=O) groups is 2. The number of hydrogen-bond acceptors (Lipinski definition) is 3. The zero-order chi connectivity index (χ0) is 9.19. The van der Waals surface area contributed by atoms with Crippen LogP contribution in [0.3, 0.4) is 0 Å². The Kier molecular flexibility index (Phi) is 2.48. The van der Waals surface area contributed by atoms with Crippen LogP contribution in [-0.2, 0) is 4.43 Å². The van der Waals surface area contributed by atoms with Gasteiger partial charge >= 0.3 is 19.5 Å². The maximum absolute atomic E-state index is 10.7. The first kappa shape index (κ1) is 9.21. The van der Waals surface area contributed by atoms with Gasteiger partial charge in [0.15, 0.2) is 0 Å². The van der Waals surface area contributed by atoms with Crippen LogP contribution in [0.15, 0.2) is 0 Å². The van der Waals surface area contributed by atoms with Crippen molar-refractivity contribution in [2.75, 3.05) is 6.61 Å². The van der Waals surface area contributed by atoms with Gasteiger partial charge in [0.2, 0.25) is 0 Å². The lowest BCUT2D eigenvalue weighted by Gasteiger charge is -2.25. The monoisotopic (exact) mass is 190 g/mol. The van der Waals surface area contributed by atoms with Gasteiger partial charge in [0.1, 0.15) is 0 Å². The van der Waals surface area contributed by atoms with Crippen LogP contribution in [0.2, 0.25) is 6.04 Å². The van der Waals surface area contributed by atoms with Crippen molar-refractivity contribution in [3.8, 4) is 0 Å². The van der Waals surface area contributed by atoms with Crippen molar-refractivity contribution >= 4 is 19.5 Å². The van der Waals surface area contributed by atoms with E-state index in [0.29, 0.717) is 6.42 Å². The smallest absolute Gasteiger partial charge is 0.440 e. The van der Waals surface area contributed by atoms with E-state index < -0.39 is 19.5 Å². The minimum atomic E-state index is -3.50. The predicted molar refractivity (Wildman–Crippen MR) is 41.8 cm³/mol. The molecule has 1 aliphatic heterocycles. The second-order valence-electron chi connectivity index (χ2n) is 2.74. The summed E-state index contributed by atoms with van der Waals surface area (Å²) in [6.45, 7) is 0.269. The largest absolute Gasteiger partial charge is 0.483 e. The fourth-order valence-corrected chi connectivity index (χ4v) is 3.47. The third-order valence-electron chi connectivity index (χ3n) is 1.96. The van der Waals surface area contributed by atoms with E-state index in [2.05, 4.69) is 0 Å². The molecule has 0 saturated carbocycles. The Morgan fingerprint density at radius 1 is 1.17 bits per heavy atom. The molecular formula is C6H10O5Si. The number of hydrogen-bond donors (Lipinski definition) is 2. The maximum atomic E-state index is 10.7. The van der Waals surface area contributed by atoms with Crippen LogP contribution in [-0.4, -0.2) is 36.3 Å². The third kappa shape index (κ3) is 1.35. The molecule has 0 aliphatic carbocycles. The SMILES string of the molecule is O=C(O)[Si]1(C(=O)O)CCCCO1. The zero-order valence-corrected chi connectivity index (χ0v) is 7.45.